The smallest absolute Gasteiger partial charge is 0.161 e. The summed E-state index contributed by atoms with van der Waals surface area (Å²) in [4.78, 5) is 0. The van der Waals surface area contributed by atoms with Crippen molar-refractivity contribution >= 4 is 0 Å². The van der Waals surface area contributed by atoms with Gasteiger partial charge < -0.3 is 14.8 Å². The van der Waals surface area contributed by atoms with E-state index in [1.165, 1.54) is 37.7 Å². The number of rotatable bonds is 8. The van der Waals surface area contributed by atoms with Crippen molar-refractivity contribution in [3.63, 3.8) is 0 Å². The third-order valence-corrected chi connectivity index (χ3v) is 4.44. The minimum absolute atomic E-state index is 0.365. The highest BCUT2D eigenvalue weighted by Gasteiger charge is 2.13. The van der Waals surface area contributed by atoms with Crippen molar-refractivity contribution in [3.8, 4) is 11.5 Å². The molecule has 0 spiro atoms. The number of nitrogens with one attached hydrogen (secondary N) is 1. The van der Waals surface area contributed by atoms with Gasteiger partial charge in [-0.1, -0.05) is 24.6 Å². The van der Waals surface area contributed by atoms with Gasteiger partial charge in [-0.2, -0.15) is 0 Å². The third-order valence-electron chi connectivity index (χ3n) is 4.44. The van der Waals surface area contributed by atoms with Gasteiger partial charge in [-0.05, 0) is 62.8 Å². The van der Waals surface area contributed by atoms with Crippen molar-refractivity contribution in [2.24, 2.45) is 0 Å². The molecule has 1 atom stereocenters. The highest BCUT2D eigenvalue weighted by Crippen LogP contribution is 2.31. The van der Waals surface area contributed by atoms with Crippen LogP contribution in [0.3, 0.4) is 0 Å². The molecule has 1 aliphatic carbocycles. The van der Waals surface area contributed by atoms with E-state index in [-0.39, 0.29) is 0 Å². The Morgan fingerprint density at radius 1 is 1.14 bits per heavy atom. The first kappa shape index (κ1) is 16.9. The van der Waals surface area contributed by atoms with Gasteiger partial charge in [0.15, 0.2) is 11.5 Å². The summed E-state index contributed by atoms with van der Waals surface area (Å²) in [5.74, 6) is 1.59. The molecule has 3 nitrogen and oxygen atoms in total. The Kier molecular flexibility index (Phi) is 6.78. The summed E-state index contributed by atoms with van der Waals surface area (Å²) in [6.07, 6.45) is 9.94. The predicted octanol–water partition coefficient (Wildman–Crippen LogP) is 4.64. The Bertz CT molecular complexity index is 496. The fraction of sp³-hybridized carbons (Fsp3) is 0.579. The Morgan fingerprint density at radius 2 is 1.95 bits per heavy atom. The third kappa shape index (κ3) is 4.51. The molecule has 0 fully saturated rings. The van der Waals surface area contributed by atoms with Crippen LogP contribution in [0.15, 0.2) is 29.8 Å². The molecule has 0 heterocycles. The van der Waals surface area contributed by atoms with Crippen LogP contribution in [0, 0.1) is 0 Å². The highest BCUT2D eigenvalue weighted by molar-refractivity contribution is 5.43. The molecule has 0 amide bonds. The van der Waals surface area contributed by atoms with E-state index in [4.69, 9.17) is 9.47 Å². The van der Waals surface area contributed by atoms with Gasteiger partial charge in [0, 0.05) is 6.04 Å². The average Bonchev–Trinajstić information content (AvgIpc) is 2.59. The molecule has 1 N–H and O–H groups in total. The zero-order valence-corrected chi connectivity index (χ0v) is 14.2. The molecule has 122 valence electrons. The second-order valence-corrected chi connectivity index (χ2v) is 5.89. The van der Waals surface area contributed by atoms with Crippen molar-refractivity contribution in [2.75, 3.05) is 20.8 Å². The summed E-state index contributed by atoms with van der Waals surface area (Å²) >= 11 is 0. The molecule has 0 saturated heterocycles. The second kappa shape index (κ2) is 8.84. The number of hydrogen-bond acceptors (Lipinski definition) is 3. The zero-order valence-electron chi connectivity index (χ0n) is 14.2. The molecule has 2 rings (SSSR count). The van der Waals surface area contributed by atoms with Crippen LogP contribution in [0.4, 0.5) is 0 Å². The summed E-state index contributed by atoms with van der Waals surface area (Å²) in [6.45, 7) is 3.26. The molecular formula is C19H29NO2. The molecule has 1 aliphatic rings. The Balaban J connectivity index is 1.94. The topological polar surface area (TPSA) is 30.5 Å². The van der Waals surface area contributed by atoms with Crippen LogP contribution in [-0.2, 0) is 0 Å². The van der Waals surface area contributed by atoms with Gasteiger partial charge in [-0.25, -0.2) is 0 Å². The average molecular weight is 303 g/mol. The summed E-state index contributed by atoms with van der Waals surface area (Å²) in [5, 5.41) is 3.68. The molecule has 0 aliphatic heterocycles. The van der Waals surface area contributed by atoms with Gasteiger partial charge in [0.2, 0.25) is 0 Å². The molecule has 0 unspecified atom stereocenters. The van der Waals surface area contributed by atoms with Gasteiger partial charge in [0.25, 0.3) is 0 Å². The lowest BCUT2D eigenvalue weighted by atomic mass is 9.97. The maximum atomic E-state index is 5.41. The van der Waals surface area contributed by atoms with Crippen LogP contribution in [0.5, 0.6) is 11.5 Å². The minimum atomic E-state index is 0.365. The van der Waals surface area contributed by atoms with Gasteiger partial charge in [-0.3, -0.25) is 0 Å². The van der Waals surface area contributed by atoms with E-state index in [9.17, 15) is 0 Å². The fourth-order valence-electron chi connectivity index (χ4n) is 3.11. The maximum absolute atomic E-state index is 5.41. The van der Waals surface area contributed by atoms with Crippen molar-refractivity contribution in [2.45, 2.75) is 51.5 Å². The first-order chi connectivity index (χ1) is 10.8. The lowest BCUT2D eigenvalue weighted by Gasteiger charge is -2.20. The normalized spacial score (nSPS) is 16.0. The fourth-order valence-corrected chi connectivity index (χ4v) is 3.11. The molecule has 0 aromatic heterocycles. The Morgan fingerprint density at radius 3 is 2.59 bits per heavy atom. The van der Waals surface area contributed by atoms with Crippen molar-refractivity contribution in [3.05, 3.63) is 35.4 Å². The molecule has 3 heteroatoms. The number of methoxy groups -OCH3 is 2. The van der Waals surface area contributed by atoms with Crippen LogP contribution < -0.4 is 14.8 Å². The predicted molar refractivity (Wildman–Crippen MR) is 91.7 cm³/mol. The molecular weight excluding hydrogens is 274 g/mol. The zero-order chi connectivity index (χ0) is 15.8. The van der Waals surface area contributed by atoms with Crippen LogP contribution in [0.25, 0.3) is 0 Å². The monoisotopic (exact) mass is 303 g/mol. The summed E-state index contributed by atoms with van der Waals surface area (Å²) in [5.41, 5.74) is 2.89. The van der Waals surface area contributed by atoms with E-state index in [1.54, 1.807) is 19.8 Å². The van der Waals surface area contributed by atoms with E-state index in [0.717, 1.165) is 24.5 Å². The standard InChI is InChI=1S/C19H29NO2/c1-4-17(20-13-12-15-8-6-5-7-9-15)16-10-11-18(21-2)19(14-16)22-3/h8,10-11,14,17,20H,4-7,9,12-13H2,1-3H3/t17-/m1/s1. The van der Waals surface area contributed by atoms with Crippen LogP contribution in [0.2, 0.25) is 0 Å². The van der Waals surface area contributed by atoms with E-state index >= 15 is 0 Å². The summed E-state index contributed by atoms with van der Waals surface area (Å²) < 4.78 is 10.7. The van der Waals surface area contributed by atoms with Gasteiger partial charge in [0.05, 0.1) is 14.2 Å². The van der Waals surface area contributed by atoms with Crippen molar-refractivity contribution in [1.29, 1.82) is 0 Å². The van der Waals surface area contributed by atoms with E-state index in [0.29, 0.717) is 6.04 Å². The maximum Gasteiger partial charge on any atom is 0.161 e. The van der Waals surface area contributed by atoms with E-state index in [1.807, 2.05) is 6.07 Å². The van der Waals surface area contributed by atoms with Gasteiger partial charge in [0.1, 0.15) is 0 Å². The SMILES string of the molecule is CC[C@@H](NCCC1=CCCCC1)c1ccc(OC)c(OC)c1. The molecule has 1 aromatic rings. The van der Waals surface area contributed by atoms with Crippen LogP contribution in [0.1, 0.15) is 57.1 Å². The Labute approximate surface area is 134 Å². The quantitative estimate of drug-likeness (QED) is 0.710. The van der Waals surface area contributed by atoms with Crippen molar-refractivity contribution in [1.82, 2.24) is 5.32 Å². The first-order valence-electron chi connectivity index (χ1n) is 8.41. The Hall–Kier alpha value is -1.48. The molecule has 0 bridgehead atoms. The van der Waals surface area contributed by atoms with E-state index in [2.05, 4.69) is 30.4 Å². The number of allylic oxidation sites excluding steroid dienone is 1. The summed E-state index contributed by atoms with van der Waals surface area (Å²) in [6, 6.07) is 6.56. The number of hydrogen-bond donors (Lipinski definition) is 1. The number of benzene rings is 1. The van der Waals surface area contributed by atoms with E-state index < -0.39 is 0 Å². The second-order valence-electron chi connectivity index (χ2n) is 5.89. The van der Waals surface area contributed by atoms with Gasteiger partial charge in [-0.15, -0.1) is 0 Å². The number of ether oxygens (including phenoxy) is 2. The van der Waals surface area contributed by atoms with Crippen LogP contribution >= 0.6 is 0 Å². The van der Waals surface area contributed by atoms with Gasteiger partial charge >= 0.3 is 0 Å². The molecule has 0 radical (unpaired) electrons. The minimum Gasteiger partial charge on any atom is -0.493 e. The first-order valence-corrected chi connectivity index (χ1v) is 8.41. The molecule has 22 heavy (non-hydrogen) atoms. The molecule has 0 saturated carbocycles. The largest absolute Gasteiger partial charge is 0.493 e. The lowest BCUT2D eigenvalue weighted by Crippen LogP contribution is -2.22. The highest BCUT2D eigenvalue weighted by atomic mass is 16.5. The lowest BCUT2D eigenvalue weighted by molar-refractivity contribution is 0.353. The molecule has 1 aromatic carbocycles. The van der Waals surface area contributed by atoms with Crippen LogP contribution in [-0.4, -0.2) is 20.8 Å². The summed E-state index contributed by atoms with van der Waals surface area (Å²) in [7, 11) is 3.36. The van der Waals surface area contributed by atoms with Crippen molar-refractivity contribution < 1.29 is 9.47 Å².